The number of hydrogen-bond acceptors (Lipinski definition) is 2. The molecule has 1 rings (SSSR count). The first-order valence-electron chi connectivity index (χ1n) is 7.26. The molecule has 0 aliphatic heterocycles. The normalized spacial score (nSPS) is 11.1. The maximum absolute atomic E-state index is 5.69. The largest absolute Gasteiger partial charge is 0.494 e. The average molecular weight is 274 g/mol. The predicted octanol–water partition coefficient (Wildman–Crippen LogP) is 5.16. The van der Waals surface area contributed by atoms with Gasteiger partial charge in [0.1, 0.15) is 18.1 Å². The van der Waals surface area contributed by atoms with E-state index in [0.717, 1.165) is 24.3 Å². The fourth-order valence-corrected chi connectivity index (χ4v) is 1.77. The number of hydrogen-bond donors (Lipinski definition) is 0. The van der Waals surface area contributed by atoms with Gasteiger partial charge >= 0.3 is 0 Å². The molecule has 0 spiro atoms. The van der Waals surface area contributed by atoms with Gasteiger partial charge in [-0.1, -0.05) is 17.2 Å². The molecule has 0 bridgehead atoms. The monoisotopic (exact) mass is 274 g/mol. The van der Waals surface area contributed by atoms with E-state index < -0.39 is 0 Å². The summed E-state index contributed by atoms with van der Waals surface area (Å²) in [6, 6.07) is 7.75. The third-order valence-electron chi connectivity index (χ3n) is 2.91. The molecular formula is C18H26O2. The van der Waals surface area contributed by atoms with Crippen LogP contribution in [0.4, 0.5) is 0 Å². The Morgan fingerprint density at radius 3 is 2.10 bits per heavy atom. The molecule has 0 aliphatic carbocycles. The molecule has 0 saturated heterocycles. The molecule has 0 saturated carbocycles. The molecule has 2 nitrogen and oxygen atoms in total. The molecule has 0 radical (unpaired) electrons. The summed E-state index contributed by atoms with van der Waals surface area (Å²) in [6.07, 6.45) is 6.62. The van der Waals surface area contributed by atoms with Gasteiger partial charge in [-0.05, 0) is 70.9 Å². The predicted molar refractivity (Wildman–Crippen MR) is 85.5 cm³/mol. The second-order valence-electron chi connectivity index (χ2n) is 5.09. The number of rotatable bonds is 8. The van der Waals surface area contributed by atoms with Crippen LogP contribution in [0, 0.1) is 0 Å². The highest BCUT2D eigenvalue weighted by molar-refractivity contribution is 5.31. The van der Waals surface area contributed by atoms with E-state index in [9.17, 15) is 0 Å². The van der Waals surface area contributed by atoms with Crippen molar-refractivity contribution >= 4 is 0 Å². The van der Waals surface area contributed by atoms with Crippen LogP contribution in [-0.2, 0) is 0 Å². The lowest BCUT2D eigenvalue weighted by Gasteiger charge is -2.06. The molecule has 0 heterocycles. The second kappa shape index (κ2) is 9.24. The third kappa shape index (κ3) is 7.03. The van der Waals surface area contributed by atoms with Crippen LogP contribution in [0.15, 0.2) is 47.6 Å². The molecule has 0 amide bonds. The van der Waals surface area contributed by atoms with E-state index in [0.29, 0.717) is 13.2 Å². The molecule has 0 N–H and O–H groups in total. The van der Waals surface area contributed by atoms with Crippen molar-refractivity contribution in [2.45, 2.75) is 40.5 Å². The first-order chi connectivity index (χ1) is 9.61. The van der Waals surface area contributed by atoms with Gasteiger partial charge in [0.05, 0.1) is 6.61 Å². The minimum atomic E-state index is 0.620. The van der Waals surface area contributed by atoms with Crippen LogP contribution in [0.5, 0.6) is 11.5 Å². The SMILES string of the molecule is CCOc1ccc(OCC=C(C)CCC=C(C)C)cc1. The lowest BCUT2D eigenvalue weighted by molar-refractivity contribution is 0.336. The van der Waals surface area contributed by atoms with Crippen molar-refractivity contribution in [3.63, 3.8) is 0 Å². The molecule has 0 aromatic heterocycles. The molecule has 0 atom stereocenters. The van der Waals surface area contributed by atoms with Crippen molar-refractivity contribution in [3.8, 4) is 11.5 Å². The van der Waals surface area contributed by atoms with Crippen LogP contribution in [0.1, 0.15) is 40.5 Å². The molecular weight excluding hydrogens is 248 g/mol. The van der Waals surface area contributed by atoms with E-state index in [-0.39, 0.29) is 0 Å². The van der Waals surface area contributed by atoms with Crippen molar-refractivity contribution in [1.29, 1.82) is 0 Å². The Bertz CT molecular complexity index is 437. The Labute approximate surface area is 123 Å². The van der Waals surface area contributed by atoms with Crippen molar-refractivity contribution in [1.82, 2.24) is 0 Å². The minimum Gasteiger partial charge on any atom is -0.494 e. The van der Waals surface area contributed by atoms with Crippen LogP contribution in [0.2, 0.25) is 0 Å². The summed E-state index contributed by atoms with van der Waals surface area (Å²) in [5.41, 5.74) is 2.75. The third-order valence-corrected chi connectivity index (χ3v) is 2.91. The molecule has 0 unspecified atom stereocenters. The average Bonchev–Trinajstić information content (AvgIpc) is 2.40. The number of benzene rings is 1. The summed E-state index contributed by atoms with van der Waals surface area (Å²) in [6.45, 7) is 9.71. The van der Waals surface area contributed by atoms with E-state index in [1.807, 2.05) is 31.2 Å². The molecule has 0 aliphatic rings. The summed E-state index contributed by atoms with van der Waals surface area (Å²) < 4.78 is 11.1. The maximum atomic E-state index is 5.69. The van der Waals surface area contributed by atoms with Gasteiger partial charge in [0.25, 0.3) is 0 Å². The summed E-state index contributed by atoms with van der Waals surface area (Å²) in [5, 5.41) is 0. The highest BCUT2D eigenvalue weighted by Gasteiger charge is 1.95. The van der Waals surface area contributed by atoms with Crippen LogP contribution < -0.4 is 9.47 Å². The Morgan fingerprint density at radius 1 is 0.950 bits per heavy atom. The Balaban J connectivity index is 2.33. The summed E-state index contributed by atoms with van der Waals surface area (Å²) in [7, 11) is 0. The topological polar surface area (TPSA) is 18.5 Å². The number of allylic oxidation sites excluding steroid dienone is 3. The zero-order valence-corrected chi connectivity index (χ0v) is 13.1. The van der Waals surface area contributed by atoms with Crippen LogP contribution >= 0.6 is 0 Å². The lowest BCUT2D eigenvalue weighted by Crippen LogP contribution is -1.95. The summed E-state index contributed by atoms with van der Waals surface area (Å²) in [4.78, 5) is 0. The number of ether oxygens (including phenoxy) is 2. The van der Waals surface area contributed by atoms with E-state index in [4.69, 9.17) is 9.47 Å². The Morgan fingerprint density at radius 2 is 1.55 bits per heavy atom. The van der Waals surface area contributed by atoms with Crippen molar-refractivity contribution in [3.05, 3.63) is 47.6 Å². The summed E-state index contributed by atoms with van der Waals surface area (Å²) >= 11 is 0. The second-order valence-corrected chi connectivity index (χ2v) is 5.09. The van der Waals surface area contributed by atoms with E-state index in [2.05, 4.69) is 32.9 Å². The van der Waals surface area contributed by atoms with Gasteiger partial charge in [0.15, 0.2) is 0 Å². The molecule has 20 heavy (non-hydrogen) atoms. The highest BCUT2D eigenvalue weighted by Crippen LogP contribution is 2.17. The van der Waals surface area contributed by atoms with E-state index in [1.54, 1.807) is 0 Å². The quantitative estimate of drug-likeness (QED) is 0.610. The van der Waals surface area contributed by atoms with Crippen molar-refractivity contribution < 1.29 is 9.47 Å². The first-order valence-corrected chi connectivity index (χ1v) is 7.26. The van der Waals surface area contributed by atoms with Gasteiger partial charge in [-0.2, -0.15) is 0 Å². The van der Waals surface area contributed by atoms with Gasteiger partial charge in [0, 0.05) is 0 Å². The summed E-state index contributed by atoms with van der Waals surface area (Å²) in [5.74, 6) is 1.76. The van der Waals surface area contributed by atoms with E-state index in [1.165, 1.54) is 11.1 Å². The van der Waals surface area contributed by atoms with Crippen LogP contribution in [0.3, 0.4) is 0 Å². The molecule has 1 aromatic rings. The van der Waals surface area contributed by atoms with Crippen LogP contribution in [0.25, 0.3) is 0 Å². The molecule has 0 fully saturated rings. The standard InChI is InChI=1S/C18H26O2/c1-5-19-17-9-11-18(12-10-17)20-14-13-16(4)8-6-7-15(2)3/h7,9-13H,5-6,8,14H2,1-4H3. The van der Waals surface area contributed by atoms with Crippen molar-refractivity contribution in [2.75, 3.05) is 13.2 Å². The maximum Gasteiger partial charge on any atom is 0.120 e. The smallest absolute Gasteiger partial charge is 0.120 e. The minimum absolute atomic E-state index is 0.620. The van der Waals surface area contributed by atoms with Crippen molar-refractivity contribution in [2.24, 2.45) is 0 Å². The zero-order valence-electron chi connectivity index (χ0n) is 13.1. The van der Waals surface area contributed by atoms with Gasteiger partial charge in [-0.3, -0.25) is 0 Å². The van der Waals surface area contributed by atoms with E-state index >= 15 is 0 Å². The first kappa shape index (κ1) is 16.4. The molecule has 2 heteroatoms. The van der Waals surface area contributed by atoms with Gasteiger partial charge in [-0.25, -0.2) is 0 Å². The molecule has 1 aromatic carbocycles. The fourth-order valence-electron chi connectivity index (χ4n) is 1.77. The van der Waals surface area contributed by atoms with Crippen LogP contribution in [-0.4, -0.2) is 13.2 Å². The zero-order chi connectivity index (χ0) is 14.8. The fraction of sp³-hybridized carbons (Fsp3) is 0.444. The molecule has 110 valence electrons. The lowest BCUT2D eigenvalue weighted by atomic mass is 10.1. The Hall–Kier alpha value is -1.70. The van der Waals surface area contributed by atoms with Gasteiger partial charge in [-0.15, -0.1) is 0 Å². The van der Waals surface area contributed by atoms with Gasteiger partial charge in [0.2, 0.25) is 0 Å². The highest BCUT2D eigenvalue weighted by atomic mass is 16.5. The van der Waals surface area contributed by atoms with Gasteiger partial charge < -0.3 is 9.47 Å². The Kier molecular flexibility index (Phi) is 7.56.